The lowest BCUT2D eigenvalue weighted by Crippen LogP contribution is -2.17. The maximum atomic E-state index is 12.0. The van der Waals surface area contributed by atoms with Gasteiger partial charge < -0.3 is 10.1 Å². The zero-order chi connectivity index (χ0) is 12.3. The Morgan fingerprint density at radius 3 is 2.50 bits per heavy atom. The van der Waals surface area contributed by atoms with E-state index in [1.807, 2.05) is 0 Å². The highest BCUT2D eigenvalue weighted by Crippen LogP contribution is 2.28. The minimum Gasteiger partial charge on any atom is -0.406 e. The molecule has 0 fully saturated rings. The number of hydrogen-bond donors (Lipinski definition) is 2. The van der Waals surface area contributed by atoms with Gasteiger partial charge in [0.05, 0.1) is 0 Å². The van der Waals surface area contributed by atoms with Gasteiger partial charge in [-0.3, -0.25) is 5.41 Å². The largest absolute Gasteiger partial charge is 0.573 e. The Bertz CT molecular complexity index is 406. The molecule has 2 N–H and O–H groups in total. The highest BCUT2D eigenvalue weighted by molar-refractivity contribution is 14.1. The molecule has 88 valence electrons. The first kappa shape index (κ1) is 13.1. The number of hydrogen-bond acceptors (Lipinski definition) is 3. The molecule has 1 aromatic carbocycles. The van der Waals surface area contributed by atoms with Crippen molar-refractivity contribution in [3.05, 3.63) is 23.8 Å². The van der Waals surface area contributed by atoms with Crippen molar-refractivity contribution in [1.82, 2.24) is 0 Å². The molecule has 7 heteroatoms. The fourth-order valence-corrected chi connectivity index (χ4v) is 1.57. The average Bonchev–Trinajstić information content (AvgIpc) is 2.15. The van der Waals surface area contributed by atoms with Crippen molar-refractivity contribution in [3.63, 3.8) is 0 Å². The van der Waals surface area contributed by atoms with Crippen LogP contribution in [0.15, 0.2) is 18.2 Å². The molecule has 0 heterocycles. The summed E-state index contributed by atoms with van der Waals surface area (Å²) >= 11 is 1.72. The summed E-state index contributed by atoms with van der Waals surface area (Å²) in [6, 6.07) is 3.81. The first-order valence-electron chi connectivity index (χ1n) is 4.15. The number of alkyl halides is 3. The van der Waals surface area contributed by atoms with Gasteiger partial charge in [-0.2, -0.15) is 0 Å². The highest BCUT2D eigenvalue weighted by Gasteiger charge is 2.31. The normalized spacial score (nSPS) is 11.1. The van der Waals surface area contributed by atoms with E-state index >= 15 is 0 Å². The first-order chi connectivity index (χ1) is 7.33. The van der Waals surface area contributed by atoms with Gasteiger partial charge >= 0.3 is 6.36 Å². The molecule has 0 saturated heterocycles. The third-order valence-corrected chi connectivity index (χ3v) is 2.31. The summed E-state index contributed by atoms with van der Waals surface area (Å²) in [5.74, 6) is -0.331. The Morgan fingerprint density at radius 1 is 1.44 bits per heavy atom. The zero-order valence-electron chi connectivity index (χ0n) is 8.15. The van der Waals surface area contributed by atoms with E-state index in [0.29, 0.717) is 11.3 Å². The van der Waals surface area contributed by atoms with Crippen LogP contribution < -0.4 is 10.1 Å². The smallest absolute Gasteiger partial charge is 0.406 e. The molecular formula is C9H8F3IN2O. The monoisotopic (exact) mass is 344 g/mol. The van der Waals surface area contributed by atoms with Crippen molar-refractivity contribution in [2.45, 2.75) is 6.36 Å². The minimum atomic E-state index is -4.72. The van der Waals surface area contributed by atoms with Gasteiger partial charge in [0.2, 0.25) is 0 Å². The molecule has 0 radical (unpaired) electrons. The second-order valence-corrected chi connectivity index (χ2v) is 3.90. The summed E-state index contributed by atoms with van der Waals surface area (Å²) in [5, 5.41) is 10.2. The lowest BCUT2D eigenvalue weighted by Gasteiger charge is -2.12. The molecule has 0 aliphatic rings. The fourth-order valence-electron chi connectivity index (χ4n) is 1.12. The summed E-state index contributed by atoms with van der Waals surface area (Å²) in [6.45, 7) is 0. The summed E-state index contributed by atoms with van der Waals surface area (Å²) in [4.78, 5) is 0. The van der Waals surface area contributed by atoms with Crippen LogP contribution in [0.25, 0.3) is 0 Å². The zero-order valence-corrected chi connectivity index (χ0v) is 10.3. The van der Waals surface area contributed by atoms with E-state index in [2.05, 4.69) is 10.1 Å². The van der Waals surface area contributed by atoms with Crippen molar-refractivity contribution < 1.29 is 17.9 Å². The molecule has 0 spiro atoms. The van der Waals surface area contributed by atoms with Gasteiger partial charge in [-0.25, -0.2) is 0 Å². The molecule has 0 bridgehead atoms. The molecule has 0 atom stereocenters. The van der Waals surface area contributed by atoms with Gasteiger partial charge in [-0.1, -0.05) is 0 Å². The summed E-state index contributed by atoms with van der Waals surface area (Å²) < 4.78 is 39.8. The van der Waals surface area contributed by atoms with E-state index in [1.165, 1.54) is 18.2 Å². The van der Waals surface area contributed by atoms with Crippen LogP contribution in [-0.4, -0.2) is 17.1 Å². The molecule has 0 aliphatic carbocycles. The molecule has 0 amide bonds. The van der Waals surface area contributed by atoms with Crippen molar-refractivity contribution in [2.75, 3.05) is 12.4 Å². The third-order valence-electron chi connectivity index (χ3n) is 1.73. The van der Waals surface area contributed by atoms with Crippen LogP contribution in [0, 0.1) is 5.41 Å². The van der Waals surface area contributed by atoms with Gasteiger partial charge in [0.1, 0.15) is 9.47 Å². The van der Waals surface area contributed by atoms with Gasteiger partial charge in [-0.05, 0) is 40.8 Å². The molecule has 1 aromatic rings. The highest BCUT2D eigenvalue weighted by atomic mass is 127. The standard InChI is InChI=1S/C9H8F3IN2O/c1-15-7-3-2-5(16-9(10,11)12)4-6(7)8(13)14/h2-4,14-15H,1H3. The van der Waals surface area contributed by atoms with Gasteiger partial charge in [0, 0.05) is 18.3 Å². The Labute approximate surface area is 104 Å². The van der Waals surface area contributed by atoms with Crippen LogP contribution in [-0.2, 0) is 0 Å². The number of nitrogens with one attached hydrogen (secondary N) is 2. The number of benzene rings is 1. The lowest BCUT2D eigenvalue weighted by molar-refractivity contribution is -0.274. The fraction of sp³-hybridized carbons (Fsp3) is 0.222. The predicted octanol–water partition coefficient (Wildman–Crippen LogP) is 3.39. The van der Waals surface area contributed by atoms with Crippen molar-refractivity contribution in [1.29, 1.82) is 5.41 Å². The maximum absolute atomic E-state index is 12.0. The Morgan fingerprint density at radius 2 is 2.06 bits per heavy atom. The molecule has 0 aromatic heterocycles. The van der Waals surface area contributed by atoms with Crippen LogP contribution >= 0.6 is 22.6 Å². The predicted molar refractivity (Wildman–Crippen MR) is 63.5 cm³/mol. The average molecular weight is 344 g/mol. The molecule has 3 nitrogen and oxygen atoms in total. The van der Waals surface area contributed by atoms with Crippen LogP contribution in [0.3, 0.4) is 0 Å². The summed E-state index contributed by atoms with van der Waals surface area (Å²) in [7, 11) is 1.63. The van der Waals surface area contributed by atoms with Gasteiger partial charge in [0.15, 0.2) is 0 Å². The van der Waals surface area contributed by atoms with Crippen LogP contribution in [0.4, 0.5) is 18.9 Å². The quantitative estimate of drug-likeness (QED) is 0.652. The number of anilines is 1. The van der Waals surface area contributed by atoms with E-state index in [1.54, 1.807) is 29.6 Å². The SMILES string of the molecule is CNc1ccc(OC(F)(F)F)cc1C(=N)I. The van der Waals surface area contributed by atoms with E-state index in [9.17, 15) is 13.2 Å². The first-order valence-corrected chi connectivity index (χ1v) is 5.23. The van der Waals surface area contributed by atoms with Crippen LogP contribution in [0.5, 0.6) is 5.75 Å². The van der Waals surface area contributed by atoms with Crippen LogP contribution in [0.1, 0.15) is 5.56 Å². The Hall–Kier alpha value is -0.990. The molecule has 1 rings (SSSR count). The molecule has 16 heavy (non-hydrogen) atoms. The van der Waals surface area contributed by atoms with E-state index < -0.39 is 6.36 Å². The Balaban J connectivity index is 3.07. The second-order valence-electron chi connectivity index (χ2n) is 2.82. The number of halogens is 4. The van der Waals surface area contributed by atoms with E-state index in [0.717, 1.165) is 0 Å². The summed E-state index contributed by atoms with van der Waals surface area (Å²) in [6.07, 6.45) is -4.72. The topological polar surface area (TPSA) is 45.1 Å². The summed E-state index contributed by atoms with van der Waals surface area (Å²) in [5.41, 5.74) is 0.943. The van der Waals surface area contributed by atoms with Gasteiger partial charge in [-0.15, -0.1) is 13.2 Å². The Kier molecular flexibility index (Phi) is 4.00. The number of ether oxygens (including phenoxy) is 1. The molecule has 0 unspecified atom stereocenters. The van der Waals surface area contributed by atoms with Crippen molar-refractivity contribution in [2.24, 2.45) is 0 Å². The second kappa shape index (κ2) is 4.89. The minimum absolute atomic E-state index is 0.134. The lowest BCUT2D eigenvalue weighted by atomic mass is 10.2. The van der Waals surface area contributed by atoms with Crippen molar-refractivity contribution in [3.8, 4) is 5.75 Å². The van der Waals surface area contributed by atoms with Crippen molar-refractivity contribution >= 4 is 32.0 Å². The van der Waals surface area contributed by atoms with Gasteiger partial charge in [0.25, 0.3) is 0 Å². The van der Waals surface area contributed by atoms with E-state index in [4.69, 9.17) is 5.41 Å². The molecule has 0 saturated carbocycles. The van der Waals surface area contributed by atoms with Crippen LogP contribution in [0.2, 0.25) is 0 Å². The van der Waals surface area contributed by atoms with E-state index in [-0.39, 0.29) is 9.47 Å². The maximum Gasteiger partial charge on any atom is 0.573 e. The molecular weight excluding hydrogens is 336 g/mol. The molecule has 0 aliphatic heterocycles. The third kappa shape index (κ3) is 3.54. The number of rotatable bonds is 3.